The third kappa shape index (κ3) is 4.80. The largest absolute Gasteiger partial charge is 0.381 e. The molecule has 0 fully saturated rings. The Morgan fingerprint density at radius 2 is 2.38 bits per heavy atom. The molecule has 0 unspecified atom stereocenters. The standard InChI is InChI=1S/C10H14O2S/c1-9(11)4-6-12-7-5-10-3-2-8-13-10/h2-3,8H,4-7H2,1H3. The SMILES string of the molecule is CC(=O)CCOCCc1cccs1. The highest BCUT2D eigenvalue weighted by atomic mass is 32.1. The van der Waals surface area contributed by atoms with Crippen molar-refractivity contribution in [2.75, 3.05) is 13.2 Å². The molecule has 0 aliphatic rings. The Labute approximate surface area is 82.5 Å². The molecule has 0 amide bonds. The fourth-order valence-corrected chi connectivity index (χ4v) is 1.64. The summed E-state index contributed by atoms with van der Waals surface area (Å²) in [4.78, 5) is 11.9. The minimum atomic E-state index is 0.191. The van der Waals surface area contributed by atoms with Crippen LogP contribution >= 0.6 is 11.3 Å². The summed E-state index contributed by atoms with van der Waals surface area (Å²) < 4.78 is 5.30. The maximum atomic E-state index is 10.6. The fourth-order valence-electron chi connectivity index (χ4n) is 0.946. The summed E-state index contributed by atoms with van der Waals surface area (Å²) in [5.41, 5.74) is 0. The first kappa shape index (κ1) is 10.4. The fraction of sp³-hybridized carbons (Fsp3) is 0.500. The Morgan fingerprint density at radius 1 is 1.54 bits per heavy atom. The van der Waals surface area contributed by atoms with Gasteiger partial charge in [0.05, 0.1) is 13.2 Å². The van der Waals surface area contributed by atoms with Crippen molar-refractivity contribution in [3.63, 3.8) is 0 Å². The molecule has 0 saturated carbocycles. The van der Waals surface area contributed by atoms with Gasteiger partial charge in [0.2, 0.25) is 0 Å². The molecule has 0 radical (unpaired) electrons. The predicted molar refractivity (Wildman–Crippen MR) is 54.1 cm³/mol. The quantitative estimate of drug-likeness (QED) is 0.655. The van der Waals surface area contributed by atoms with Gasteiger partial charge in [-0.2, -0.15) is 0 Å². The molecule has 1 aromatic heterocycles. The Kier molecular flexibility index (Phi) is 4.72. The molecule has 0 aliphatic heterocycles. The molecule has 0 spiro atoms. The molecule has 13 heavy (non-hydrogen) atoms. The summed E-state index contributed by atoms with van der Waals surface area (Å²) in [6.45, 7) is 2.86. The van der Waals surface area contributed by atoms with E-state index in [9.17, 15) is 4.79 Å². The predicted octanol–water partition coefficient (Wildman–Crippen LogP) is 2.29. The van der Waals surface area contributed by atoms with Crippen LogP contribution in [0.2, 0.25) is 0 Å². The van der Waals surface area contributed by atoms with E-state index < -0.39 is 0 Å². The van der Waals surface area contributed by atoms with E-state index in [1.165, 1.54) is 4.88 Å². The Bertz CT molecular complexity index is 241. The van der Waals surface area contributed by atoms with Crippen molar-refractivity contribution in [1.82, 2.24) is 0 Å². The molecule has 0 saturated heterocycles. The summed E-state index contributed by atoms with van der Waals surface area (Å²) in [6, 6.07) is 4.13. The van der Waals surface area contributed by atoms with Crippen molar-refractivity contribution >= 4 is 17.1 Å². The zero-order chi connectivity index (χ0) is 9.52. The van der Waals surface area contributed by atoms with Crippen molar-refractivity contribution < 1.29 is 9.53 Å². The summed E-state index contributed by atoms with van der Waals surface area (Å²) >= 11 is 1.74. The van der Waals surface area contributed by atoms with Gasteiger partial charge in [0.1, 0.15) is 5.78 Å². The van der Waals surface area contributed by atoms with Crippen LogP contribution in [0.3, 0.4) is 0 Å². The monoisotopic (exact) mass is 198 g/mol. The highest BCUT2D eigenvalue weighted by molar-refractivity contribution is 7.09. The lowest BCUT2D eigenvalue weighted by molar-refractivity contribution is -0.118. The number of Topliss-reactive ketones (excluding diaryl/α,β-unsaturated/α-hetero) is 1. The van der Waals surface area contributed by atoms with E-state index in [1.807, 2.05) is 6.07 Å². The molecule has 2 nitrogen and oxygen atoms in total. The van der Waals surface area contributed by atoms with Crippen molar-refractivity contribution in [3.8, 4) is 0 Å². The van der Waals surface area contributed by atoms with E-state index in [0.717, 1.165) is 6.42 Å². The van der Waals surface area contributed by atoms with Crippen molar-refractivity contribution in [1.29, 1.82) is 0 Å². The van der Waals surface area contributed by atoms with Crippen LogP contribution in [0.15, 0.2) is 17.5 Å². The Morgan fingerprint density at radius 3 is 3.00 bits per heavy atom. The van der Waals surface area contributed by atoms with Crippen molar-refractivity contribution in [2.45, 2.75) is 19.8 Å². The van der Waals surface area contributed by atoms with E-state index in [-0.39, 0.29) is 5.78 Å². The molecule has 0 bridgehead atoms. The molecule has 1 rings (SSSR count). The normalized spacial score (nSPS) is 10.2. The molecule has 1 heterocycles. The van der Waals surface area contributed by atoms with Gasteiger partial charge in [0.15, 0.2) is 0 Å². The van der Waals surface area contributed by atoms with Gasteiger partial charge in [-0.05, 0) is 18.4 Å². The third-order valence-corrected chi connectivity index (χ3v) is 2.61. The molecule has 1 aromatic rings. The van der Waals surface area contributed by atoms with Crippen LogP contribution in [0.25, 0.3) is 0 Å². The number of carbonyl (C=O) groups excluding carboxylic acids is 1. The van der Waals surface area contributed by atoms with Gasteiger partial charge in [-0.1, -0.05) is 6.07 Å². The zero-order valence-electron chi connectivity index (χ0n) is 7.79. The first-order valence-corrected chi connectivity index (χ1v) is 5.26. The smallest absolute Gasteiger partial charge is 0.132 e. The summed E-state index contributed by atoms with van der Waals surface area (Å²) in [7, 11) is 0. The van der Waals surface area contributed by atoms with Crippen molar-refractivity contribution in [2.24, 2.45) is 0 Å². The van der Waals surface area contributed by atoms with Crippen LogP contribution < -0.4 is 0 Å². The summed E-state index contributed by atoms with van der Waals surface area (Å²) in [5, 5.41) is 2.06. The molecule has 72 valence electrons. The number of rotatable bonds is 6. The number of ether oxygens (including phenoxy) is 1. The molecule has 0 aliphatic carbocycles. The number of hydrogen-bond acceptors (Lipinski definition) is 3. The van der Waals surface area contributed by atoms with Crippen LogP contribution in [0.4, 0.5) is 0 Å². The number of hydrogen-bond donors (Lipinski definition) is 0. The van der Waals surface area contributed by atoms with E-state index in [4.69, 9.17) is 4.74 Å². The minimum Gasteiger partial charge on any atom is -0.381 e. The molecular formula is C10H14O2S. The van der Waals surface area contributed by atoms with Gasteiger partial charge in [-0.25, -0.2) is 0 Å². The number of carbonyl (C=O) groups is 1. The lowest BCUT2D eigenvalue weighted by Gasteiger charge is -2.00. The second-order valence-electron chi connectivity index (χ2n) is 2.89. The highest BCUT2D eigenvalue weighted by Crippen LogP contribution is 2.08. The average molecular weight is 198 g/mol. The van der Waals surface area contributed by atoms with Crippen LogP contribution in [0, 0.1) is 0 Å². The number of thiophene rings is 1. The minimum absolute atomic E-state index is 0.191. The van der Waals surface area contributed by atoms with Crippen LogP contribution in [0.1, 0.15) is 18.2 Å². The Balaban J connectivity index is 1.99. The molecule has 0 atom stereocenters. The zero-order valence-corrected chi connectivity index (χ0v) is 8.60. The second-order valence-corrected chi connectivity index (χ2v) is 3.93. The van der Waals surface area contributed by atoms with Crippen LogP contribution in [-0.2, 0) is 16.0 Å². The summed E-state index contributed by atoms with van der Waals surface area (Å²) in [5.74, 6) is 0.191. The maximum absolute atomic E-state index is 10.6. The summed E-state index contributed by atoms with van der Waals surface area (Å²) in [6.07, 6.45) is 1.49. The van der Waals surface area contributed by atoms with E-state index in [1.54, 1.807) is 18.3 Å². The van der Waals surface area contributed by atoms with Gasteiger partial charge >= 0.3 is 0 Å². The lowest BCUT2D eigenvalue weighted by atomic mass is 10.3. The first-order chi connectivity index (χ1) is 6.29. The highest BCUT2D eigenvalue weighted by Gasteiger charge is 1.95. The van der Waals surface area contributed by atoms with E-state index in [0.29, 0.717) is 19.6 Å². The maximum Gasteiger partial charge on any atom is 0.132 e. The van der Waals surface area contributed by atoms with Crippen LogP contribution in [-0.4, -0.2) is 19.0 Å². The van der Waals surface area contributed by atoms with E-state index >= 15 is 0 Å². The van der Waals surface area contributed by atoms with E-state index in [2.05, 4.69) is 11.4 Å². The average Bonchev–Trinajstić information content (AvgIpc) is 2.55. The van der Waals surface area contributed by atoms with Crippen molar-refractivity contribution in [3.05, 3.63) is 22.4 Å². The lowest BCUT2D eigenvalue weighted by Crippen LogP contribution is -2.02. The number of ketones is 1. The second kappa shape index (κ2) is 5.89. The van der Waals surface area contributed by atoms with Gasteiger partial charge in [0, 0.05) is 17.7 Å². The van der Waals surface area contributed by atoms with Gasteiger partial charge in [0.25, 0.3) is 0 Å². The first-order valence-electron chi connectivity index (χ1n) is 4.38. The molecule has 0 N–H and O–H groups in total. The van der Waals surface area contributed by atoms with Gasteiger partial charge in [-0.3, -0.25) is 4.79 Å². The third-order valence-electron chi connectivity index (χ3n) is 1.67. The molecular weight excluding hydrogens is 184 g/mol. The topological polar surface area (TPSA) is 26.3 Å². The Hall–Kier alpha value is -0.670. The van der Waals surface area contributed by atoms with Gasteiger partial charge < -0.3 is 4.74 Å². The van der Waals surface area contributed by atoms with Crippen LogP contribution in [0.5, 0.6) is 0 Å². The van der Waals surface area contributed by atoms with Gasteiger partial charge in [-0.15, -0.1) is 11.3 Å². The molecule has 0 aromatic carbocycles. The molecule has 3 heteroatoms.